The second kappa shape index (κ2) is 11.4. The molecule has 1 aliphatic heterocycles. The zero-order valence-electron chi connectivity index (χ0n) is 18.0. The van der Waals surface area contributed by atoms with Gasteiger partial charge in [0, 0.05) is 45.8 Å². The second-order valence-electron chi connectivity index (χ2n) is 7.54. The SMILES string of the molecule is COCCOc1ccc(C(C)N2CCC(NC(=O)CCOC)CC2)c(C)c1C. The van der Waals surface area contributed by atoms with E-state index in [1.54, 1.807) is 14.2 Å². The molecular formula is C22H36N2O4. The van der Waals surface area contributed by atoms with Crippen LogP contribution in [0.4, 0.5) is 0 Å². The molecule has 1 heterocycles. The largest absolute Gasteiger partial charge is 0.491 e. The number of methoxy groups -OCH3 is 2. The van der Waals surface area contributed by atoms with Gasteiger partial charge in [-0.15, -0.1) is 0 Å². The van der Waals surface area contributed by atoms with E-state index in [2.05, 4.69) is 43.1 Å². The third-order valence-electron chi connectivity index (χ3n) is 5.75. The highest BCUT2D eigenvalue weighted by molar-refractivity contribution is 5.76. The molecule has 0 radical (unpaired) electrons. The Morgan fingerprint density at radius 2 is 1.79 bits per heavy atom. The van der Waals surface area contributed by atoms with Crippen molar-refractivity contribution in [2.45, 2.75) is 52.1 Å². The van der Waals surface area contributed by atoms with Crippen molar-refractivity contribution in [3.63, 3.8) is 0 Å². The van der Waals surface area contributed by atoms with Crippen LogP contribution in [0.5, 0.6) is 5.75 Å². The number of rotatable bonds is 10. The van der Waals surface area contributed by atoms with Crippen molar-refractivity contribution in [2.24, 2.45) is 0 Å². The number of amides is 1. The Morgan fingerprint density at radius 1 is 1.11 bits per heavy atom. The first-order valence-corrected chi connectivity index (χ1v) is 10.2. The molecule has 0 aromatic heterocycles. The average Bonchev–Trinajstić information content (AvgIpc) is 2.70. The number of likely N-dealkylation sites (tertiary alicyclic amines) is 1. The van der Waals surface area contributed by atoms with E-state index >= 15 is 0 Å². The molecule has 1 unspecified atom stereocenters. The van der Waals surface area contributed by atoms with E-state index in [-0.39, 0.29) is 11.9 Å². The van der Waals surface area contributed by atoms with Gasteiger partial charge in [0.1, 0.15) is 12.4 Å². The van der Waals surface area contributed by atoms with Crippen molar-refractivity contribution < 1.29 is 19.0 Å². The number of hydrogen-bond acceptors (Lipinski definition) is 5. The molecule has 1 aromatic rings. The number of benzene rings is 1. The number of piperidine rings is 1. The molecule has 1 atom stereocenters. The van der Waals surface area contributed by atoms with Crippen LogP contribution in [0.1, 0.15) is 48.9 Å². The molecule has 1 saturated heterocycles. The second-order valence-corrected chi connectivity index (χ2v) is 7.54. The summed E-state index contributed by atoms with van der Waals surface area (Å²) in [5.41, 5.74) is 3.83. The van der Waals surface area contributed by atoms with Gasteiger partial charge in [-0.1, -0.05) is 6.07 Å². The van der Waals surface area contributed by atoms with Gasteiger partial charge in [0.15, 0.2) is 0 Å². The van der Waals surface area contributed by atoms with Gasteiger partial charge < -0.3 is 19.5 Å². The monoisotopic (exact) mass is 392 g/mol. The van der Waals surface area contributed by atoms with Crippen LogP contribution in [0.15, 0.2) is 12.1 Å². The van der Waals surface area contributed by atoms with E-state index in [1.807, 2.05) is 0 Å². The third kappa shape index (κ3) is 6.19. The Hall–Kier alpha value is -1.63. The van der Waals surface area contributed by atoms with Crippen molar-refractivity contribution in [1.29, 1.82) is 0 Å². The normalized spacial score (nSPS) is 16.8. The van der Waals surface area contributed by atoms with E-state index in [0.29, 0.717) is 32.3 Å². The van der Waals surface area contributed by atoms with E-state index < -0.39 is 0 Å². The van der Waals surface area contributed by atoms with Gasteiger partial charge >= 0.3 is 0 Å². The summed E-state index contributed by atoms with van der Waals surface area (Å²) >= 11 is 0. The first-order chi connectivity index (χ1) is 13.5. The maximum absolute atomic E-state index is 11.9. The summed E-state index contributed by atoms with van der Waals surface area (Å²) in [6, 6.07) is 4.88. The molecule has 1 aliphatic rings. The fraction of sp³-hybridized carbons (Fsp3) is 0.682. The lowest BCUT2D eigenvalue weighted by atomic mass is 9.94. The summed E-state index contributed by atoms with van der Waals surface area (Å²) in [5.74, 6) is 1.02. The van der Waals surface area contributed by atoms with Gasteiger partial charge in [-0.05, 0) is 56.4 Å². The van der Waals surface area contributed by atoms with Crippen LogP contribution < -0.4 is 10.1 Å². The van der Waals surface area contributed by atoms with E-state index in [9.17, 15) is 4.79 Å². The number of nitrogens with one attached hydrogen (secondary N) is 1. The van der Waals surface area contributed by atoms with Crippen molar-refractivity contribution in [2.75, 3.05) is 47.1 Å². The van der Waals surface area contributed by atoms with Crippen LogP contribution >= 0.6 is 0 Å². The molecule has 6 heteroatoms. The highest BCUT2D eigenvalue weighted by Crippen LogP contribution is 2.32. The Kier molecular flexibility index (Phi) is 9.22. The Bertz CT molecular complexity index is 627. The first-order valence-electron chi connectivity index (χ1n) is 10.2. The number of carbonyl (C=O) groups is 1. The minimum atomic E-state index is 0.0869. The van der Waals surface area contributed by atoms with Gasteiger partial charge in [0.25, 0.3) is 0 Å². The van der Waals surface area contributed by atoms with Gasteiger partial charge in [-0.25, -0.2) is 0 Å². The minimum absolute atomic E-state index is 0.0869. The molecule has 2 rings (SSSR count). The fourth-order valence-electron chi connectivity index (χ4n) is 3.78. The fourth-order valence-corrected chi connectivity index (χ4v) is 3.78. The van der Waals surface area contributed by atoms with Crippen molar-refractivity contribution in [3.05, 3.63) is 28.8 Å². The lowest BCUT2D eigenvalue weighted by Gasteiger charge is -2.37. The van der Waals surface area contributed by atoms with Gasteiger partial charge in [-0.2, -0.15) is 0 Å². The Balaban J connectivity index is 1.91. The molecular weight excluding hydrogens is 356 g/mol. The molecule has 1 fully saturated rings. The van der Waals surface area contributed by atoms with Gasteiger partial charge in [0.2, 0.25) is 5.91 Å². The number of nitrogens with zero attached hydrogens (tertiary/aromatic N) is 1. The maximum atomic E-state index is 11.9. The molecule has 28 heavy (non-hydrogen) atoms. The van der Waals surface area contributed by atoms with Crippen molar-refractivity contribution >= 4 is 5.91 Å². The standard InChI is InChI=1S/C22H36N2O4/c1-16-17(2)21(28-15-14-27-5)7-6-20(16)18(3)24-11-8-19(9-12-24)23-22(25)10-13-26-4/h6-7,18-19H,8-15H2,1-5H3,(H,23,25). The summed E-state index contributed by atoms with van der Waals surface area (Å²) < 4.78 is 15.9. The molecule has 1 aromatic carbocycles. The molecule has 6 nitrogen and oxygen atoms in total. The van der Waals surface area contributed by atoms with E-state index in [0.717, 1.165) is 31.7 Å². The van der Waals surface area contributed by atoms with Crippen molar-refractivity contribution in [3.8, 4) is 5.75 Å². The Labute approximate surface area is 169 Å². The molecule has 0 bridgehead atoms. The molecule has 0 aliphatic carbocycles. The van der Waals surface area contributed by atoms with E-state index in [1.165, 1.54) is 16.7 Å². The smallest absolute Gasteiger partial charge is 0.222 e. The number of hydrogen-bond donors (Lipinski definition) is 1. The van der Waals surface area contributed by atoms with Crippen LogP contribution in [-0.2, 0) is 14.3 Å². The first kappa shape index (κ1) is 22.7. The van der Waals surface area contributed by atoms with E-state index in [4.69, 9.17) is 14.2 Å². The quantitative estimate of drug-likeness (QED) is 0.620. The summed E-state index contributed by atoms with van der Waals surface area (Å²) in [7, 11) is 3.30. The minimum Gasteiger partial charge on any atom is -0.491 e. The molecule has 1 amide bonds. The molecule has 0 saturated carbocycles. The molecule has 158 valence electrons. The average molecular weight is 393 g/mol. The summed E-state index contributed by atoms with van der Waals surface area (Å²) in [6.45, 7) is 10.2. The van der Waals surface area contributed by atoms with Gasteiger partial charge in [-0.3, -0.25) is 9.69 Å². The number of ether oxygens (including phenoxy) is 3. The summed E-state index contributed by atoms with van der Waals surface area (Å²) in [5, 5.41) is 3.13. The topological polar surface area (TPSA) is 60.0 Å². The van der Waals surface area contributed by atoms with Crippen molar-refractivity contribution in [1.82, 2.24) is 10.2 Å². The van der Waals surface area contributed by atoms with Crippen LogP contribution in [0, 0.1) is 13.8 Å². The lowest BCUT2D eigenvalue weighted by Crippen LogP contribution is -2.45. The lowest BCUT2D eigenvalue weighted by molar-refractivity contribution is -0.123. The third-order valence-corrected chi connectivity index (χ3v) is 5.75. The highest BCUT2D eigenvalue weighted by Gasteiger charge is 2.25. The number of carbonyl (C=O) groups excluding carboxylic acids is 1. The van der Waals surface area contributed by atoms with Crippen LogP contribution in [0.3, 0.4) is 0 Å². The summed E-state index contributed by atoms with van der Waals surface area (Å²) in [4.78, 5) is 14.4. The maximum Gasteiger partial charge on any atom is 0.222 e. The summed E-state index contributed by atoms with van der Waals surface area (Å²) in [6.07, 6.45) is 2.41. The van der Waals surface area contributed by atoms with Gasteiger partial charge in [0.05, 0.1) is 13.2 Å². The van der Waals surface area contributed by atoms with Crippen LogP contribution in [0.2, 0.25) is 0 Å². The zero-order valence-corrected chi connectivity index (χ0v) is 18.0. The molecule has 1 N–H and O–H groups in total. The predicted octanol–water partition coefficient (Wildman–Crippen LogP) is 3.01. The Morgan fingerprint density at radius 3 is 2.43 bits per heavy atom. The molecule has 0 spiro atoms. The highest BCUT2D eigenvalue weighted by atomic mass is 16.5. The van der Waals surface area contributed by atoms with Crippen LogP contribution in [-0.4, -0.2) is 64.0 Å². The predicted molar refractivity (Wildman–Crippen MR) is 111 cm³/mol. The zero-order chi connectivity index (χ0) is 20.5. The van der Waals surface area contributed by atoms with Crippen LogP contribution in [0.25, 0.3) is 0 Å².